The Kier molecular flexibility index (Phi) is 5.13. The molecule has 0 saturated carbocycles. The number of hydrogen-bond acceptors (Lipinski definition) is 4. The summed E-state index contributed by atoms with van der Waals surface area (Å²) < 4.78 is 0. The van der Waals surface area contributed by atoms with E-state index in [0.29, 0.717) is 11.6 Å². The summed E-state index contributed by atoms with van der Waals surface area (Å²) in [7, 11) is 0. The van der Waals surface area contributed by atoms with Crippen molar-refractivity contribution in [1.82, 2.24) is 5.32 Å². The first-order chi connectivity index (χ1) is 9.20. The molecule has 0 aliphatic carbocycles. The van der Waals surface area contributed by atoms with Crippen LogP contribution in [0.5, 0.6) is 0 Å². The molecule has 2 rings (SSSR count). The van der Waals surface area contributed by atoms with E-state index in [1.54, 1.807) is 22.8 Å². The third-order valence-corrected chi connectivity index (χ3v) is 4.81. The predicted octanol–water partition coefficient (Wildman–Crippen LogP) is 4.14. The minimum atomic E-state index is -0.856. The highest BCUT2D eigenvalue weighted by Crippen LogP contribution is 2.24. The smallest absolute Gasteiger partial charge is 0.336 e. The van der Waals surface area contributed by atoms with Gasteiger partial charge in [0, 0.05) is 27.7 Å². The Morgan fingerprint density at radius 3 is 2.89 bits per heavy atom. The van der Waals surface area contributed by atoms with Gasteiger partial charge in [0.2, 0.25) is 0 Å². The van der Waals surface area contributed by atoms with E-state index < -0.39 is 5.97 Å². The summed E-state index contributed by atoms with van der Waals surface area (Å²) in [5, 5.41) is 16.2. The fraction of sp³-hybridized carbons (Fsp3) is 0.357. The van der Waals surface area contributed by atoms with Crippen LogP contribution in [0.2, 0.25) is 0 Å². The summed E-state index contributed by atoms with van der Waals surface area (Å²) in [6, 6.07) is 6.32. The van der Waals surface area contributed by atoms with Crippen LogP contribution in [0.4, 0.5) is 0 Å². The molecule has 0 spiro atoms. The Balaban J connectivity index is 1.96. The van der Waals surface area contributed by atoms with Gasteiger partial charge in [-0.05, 0) is 23.9 Å². The molecule has 0 bridgehead atoms. The van der Waals surface area contributed by atoms with Crippen molar-refractivity contribution in [3.05, 3.63) is 44.3 Å². The van der Waals surface area contributed by atoms with Crippen LogP contribution in [-0.4, -0.2) is 11.1 Å². The monoisotopic (exact) mass is 295 g/mol. The minimum Gasteiger partial charge on any atom is -0.478 e. The van der Waals surface area contributed by atoms with Crippen molar-refractivity contribution >= 4 is 28.6 Å². The van der Waals surface area contributed by atoms with Gasteiger partial charge in [0.25, 0.3) is 0 Å². The van der Waals surface area contributed by atoms with Gasteiger partial charge in [-0.3, -0.25) is 0 Å². The number of rotatable bonds is 7. The van der Waals surface area contributed by atoms with Crippen molar-refractivity contribution in [2.24, 2.45) is 0 Å². The Bertz CT molecular complexity index is 519. The molecule has 102 valence electrons. The molecule has 0 radical (unpaired) electrons. The van der Waals surface area contributed by atoms with Crippen LogP contribution in [0.1, 0.15) is 45.9 Å². The predicted molar refractivity (Wildman–Crippen MR) is 80.1 cm³/mol. The lowest BCUT2D eigenvalue weighted by Gasteiger charge is -2.16. The van der Waals surface area contributed by atoms with Crippen molar-refractivity contribution in [3.63, 3.8) is 0 Å². The van der Waals surface area contributed by atoms with Gasteiger partial charge < -0.3 is 10.4 Å². The topological polar surface area (TPSA) is 49.3 Å². The van der Waals surface area contributed by atoms with E-state index in [1.165, 1.54) is 16.2 Å². The van der Waals surface area contributed by atoms with E-state index in [2.05, 4.69) is 29.8 Å². The van der Waals surface area contributed by atoms with Gasteiger partial charge in [0.05, 0.1) is 5.56 Å². The second-order valence-electron chi connectivity index (χ2n) is 4.34. The highest BCUT2D eigenvalue weighted by molar-refractivity contribution is 7.10. The third kappa shape index (κ3) is 3.89. The van der Waals surface area contributed by atoms with E-state index in [1.807, 2.05) is 0 Å². The molecule has 0 aliphatic rings. The largest absolute Gasteiger partial charge is 0.478 e. The maximum atomic E-state index is 10.8. The standard InChI is InChI=1S/C14H17NO2S2/c1-2-4-12(13-5-3-6-18-13)15-8-11-7-10(9-19-11)14(16)17/h3,5-7,9,12,15H,2,4,8H2,1H3,(H,16,17). The summed E-state index contributed by atoms with van der Waals surface area (Å²) in [5.41, 5.74) is 0.380. The van der Waals surface area contributed by atoms with Gasteiger partial charge in [0.1, 0.15) is 0 Å². The number of carbonyl (C=O) groups is 1. The lowest BCUT2D eigenvalue weighted by molar-refractivity contribution is 0.0697. The molecule has 0 saturated heterocycles. The number of thiophene rings is 2. The second kappa shape index (κ2) is 6.84. The Labute approximate surface area is 120 Å². The SMILES string of the molecule is CCCC(NCc1cc(C(=O)O)cs1)c1cccs1. The molecule has 19 heavy (non-hydrogen) atoms. The molecular weight excluding hydrogens is 278 g/mol. The van der Waals surface area contributed by atoms with Gasteiger partial charge in [-0.25, -0.2) is 4.79 Å². The summed E-state index contributed by atoms with van der Waals surface area (Å²) in [5.74, 6) is -0.856. The summed E-state index contributed by atoms with van der Waals surface area (Å²) in [6.45, 7) is 2.90. The molecular formula is C14H17NO2S2. The van der Waals surface area contributed by atoms with Crippen molar-refractivity contribution < 1.29 is 9.90 Å². The fourth-order valence-electron chi connectivity index (χ4n) is 1.93. The van der Waals surface area contributed by atoms with Gasteiger partial charge in [-0.1, -0.05) is 19.4 Å². The average Bonchev–Trinajstić information content (AvgIpc) is 3.05. The van der Waals surface area contributed by atoms with E-state index >= 15 is 0 Å². The Morgan fingerprint density at radius 1 is 1.47 bits per heavy atom. The Morgan fingerprint density at radius 2 is 2.32 bits per heavy atom. The van der Waals surface area contributed by atoms with Crippen LogP contribution in [0.15, 0.2) is 29.0 Å². The summed E-state index contributed by atoms with van der Waals surface area (Å²) >= 11 is 3.26. The molecule has 2 heterocycles. The zero-order chi connectivity index (χ0) is 13.7. The number of carboxylic acid groups (broad SMARTS) is 1. The number of nitrogens with one attached hydrogen (secondary N) is 1. The average molecular weight is 295 g/mol. The van der Waals surface area contributed by atoms with Gasteiger partial charge >= 0.3 is 5.97 Å². The van der Waals surface area contributed by atoms with Crippen LogP contribution in [0, 0.1) is 0 Å². The Hall–Kier alpha value is -1.17. The molecule has 0 aliphatic heterocycles. The van der Waals surface area contributed by atoms with Crippen LogP contribution in [0.3, 0.4) is 0 Å². The molecule has 2 N–H and O–H groups in total. The highest BCUT2D eigenvalue weighted by atomic mass is 32.1. The number of hydrogen-bond donors (Lipinski definition) is 2. The quantitative estimate of drug-likeness (QED) is 0.807. The lowest BCUT2D eigenvalue weighted by Crippen LogP contribution is -2.19. The molecule has 3 nitrogen and oxygen atoms in total. The zero-order valence-electron chi connectivity index (χ0n) is 10.8. The maximum absolute atomic E-state index is 10.8. The molecule has 0 aromatic carbocycles. The van der Waals surface area contributed by atoms with E-state index in [-0.39, 0.29) is 0 Å². The van der Waals surface area contributed by atoms with E-state index in [9.17, 15) is 4.79 Å². The first-order valence-electron chi connectivity index (χ1n) is 6.28. The van der Waals surface area contributed by atoms with Crippen molar-refractivity contribution in [1.29, 1.82) is 0 Å². The first-order valence-corrected chi connectivity index (χ1v) is 8.04. The van der Waals surface area contributed by atoms with Gasteiger partial charge in [-0.15, -0.1) is 22.7 Å². The summed E-state index contributed by atoms with van der Waals surface area (Å²) in [6.07, 6.45) is 2.22. The molecule has 5 heteroatoms. The lowest BCUT2D eigenvalue weighted by atomic mass is 10.1. The van der Waals surface area contributed by atoms with Crippen molar-refractivity contribution in [2.45, 2.75) is 32.4 Å². The van der Waals surface area contributed by atoms with Crippen molar-refractivity contribution in [2.75, 3.05) is 0 Å². The van der Waals surface area contributed by atoms with E-state index in [0.717, 1.165) is 24.3 Å². The molecule has 2 aromatic rings. The zero-order valence-corrected chi connectivity index (χ0v) is 12.4. The van der Waals surface area contributed by atoms with Crippen LogP contribution in [0.25, 0.3) is 0 Å². The maximum Gasteiger partial charge on any atom is 0.336 e. The summed E-state index contributed by atoms with van der Waals surface area (Å²) in [4.78, 5) is 13.2. The first kappa shape index (κ1) is 14.2. The van der Waals surface area contributed by atoms with Crippen LogP contribution in [-0.2, 0) is 6.54 Å². The molecule has 0 fully saturated rings. The van der Waals surface area contributed by atoms with Crippen LogP contribution >= 0.6 is 22.7 Å². The fourth-order valence-corrected chi connectivity index (χ4v) is 3.58. The number of carboxylic acids is 1. The van der Waals surface area contributed by atoms with Crippen LogP contribution < -0.4 is 5.32 Å². The van der Waals surface area contributed by atoms with E-state index in [4.69, 9.17) is 5.11 Å². The second-order valence-corrected chi connectivity index (χ2v) is 6.32. The molecule has 1 atom stereocenters. The van der Waals surface area contributed by atoms with Gasteiger partial charge in [0.15, 0.2) is 0 Å². The normalized spacial score (nSPS) is 12.5. The molecule has 2 aromatic heterocycles. The van der Waals surface area contributed by atoms with Crippen molar-refractivity contribution in [3.8, 4) is 0 Å². The number of aromatic carboxylic acids is 1. The van der Waals surface area contributed by atoms with Gasteiger partial charge in [-0.2, -0.15) is 0 Å². The third-order valence-electron chi connectivity index (χ3n) is 2.89. The molecule has 0 amide bonds. The molecule has 1 unspecified atom stereocenters. The minimum absolute atomic E-state index is 0.361. The highest BCUT2D eigenvalue weighted by Gasteiger charge is 2.12.